The highest BCUT2D eigenvalue weighted by molar-refractivity contribution is 5.80. The topological polar surface area (TPSA) is 41.6 Å². The molecule has 2 unspecified atom stereocenters. The van der Waals surface area contributed by atoms with Gasteiger partial charge < -0.3 is 15.0 Å². The van der Waals surface area contributed by atoms with Crippen molar-refractivity contribution in [2.24, 2.45) is 5.92 Å². The van der Waals surface area contributed by atoms with Gasteiger partial charge in [-0.25, -0.2) is 0 Å². The molecule has 0 aromatic carbocycles. The monoisotopic (exact) mass is 240 g/mol. The van der Waals surface area contributed by atoms with Gasteiger partial charge in [0.2, 0.25) is 0 Å². The van der Waals surface area contributed by atoms with Crippen LogP contribution in [0.4, 0.5) is 0 Å². The van der Waals surface area contributed by atoms with Gasteiger partial charge in [0, 0.05) is 19.7 Å². The van der Waals surface area contributed by atoms with E-state index in [-0.39, 0.29) is 12.0 Å². The van der Waals surface area contributed by atoms with Crippen molar-refractivity contribution >= 4 is 5.91 Å². The van der Waals surface area contributed by atoms with Gasteiger partial charge in [-0.1, -0.05) is 0 Å². The maximum Gasteiger partial charge on any atom is 0.251 e. The fourth-order valence-corrected chi connectivity index (χ4v) is 2.64. The van der Waals surface area contributed by atoms with Gasteiger partial charge in [-0.05, 0) is 51.6 Å². The molecule has 0 saturated carbocycles. The Hall–Kier alpha value is -0.610. The van der Waals surface area contributed by atoms with Crippen LogP contribution in [0.3, 0.4) is 0 Å². The van der Waals surface area contributed by atoms with Gasteiger partial charge in [-0.15, -0.1) is 0 Å². The third-order valence-corrected chi connectivity index (χ3v) is 3.82. The number of rotatable bonds is 5. The highest BCUT2D eigenvalue weighted by Gasteiger charge is 2.24. The molecule has 2 aliphatic rings. The van der Waals surface area contributed by atoms with Crippen LogP contribution in [0.15, 0.2) is 0 Å². The fraction of sp³-hybridized carbons (Fsp3) is 0.923. The molecule has 2 fully saturated rings. The molecule has 17 heavy (non-hydrogen) atoms. The predicted molar refractivity (Wildman–Crippen MR) is 66.8 cm³/mol. The van der Waals surface area contributed by atoms with Crippen LogP contribution < -0.4 is 5.32 Å². The second kappa shape index (κ2) is 6.36. The highest BCUT2D eigenvalue weighted by atomic mass is 16.5. The summed E-state index contributed by atoms with van der Waals surface area (Å²) in [4.78, 5) is 13.9. The summed E-state index contributed by atoms with van der Waals surface area (Å²) in [5.41, 5.74) is 0. The summed E-state index contributed by atoms with van der Waals surface area (Å²) < 4.78 is 5.66. The summed E-state index contributed by atoms with van der Waals surface area (Å²) in [5.74, 6) is 0.913. The zero-order valence-corrected chi connectivity index (χ0v) is 10.8. The number of hydrogen-bond donors (Lipinski definition) is 1. The van der Waals surface area contributed by atoms with Crippen molar-refractivity contribution in [2.45, 2.75) is 38.7 Å². The number of amides is 1. The van der Waals surface area contributed by atoms with E-state index in [1.54, 1.807) is 0 Å². The Morgan fingerprint density at radius 1 is 1.47 bits per heavy atom. The van der Waals surface area contributed by atoms with E-state index < -0.39 is 0 Å². The van der Waals surface area contributed by atoms with Crippen molar-refractivity contribution in [1.82, 2.24) is 10.2 Å². The quantitative estimate of drug-likeness (QED) is 0.780. The Balaban J connectivity index is 1.62. The van der Waals surface area contributed by atoms with Crippen LogP contribution in [-0.4, -0.2) is 49.7 Å². The first-order valence-corrected chi connectivity index (χ1v) is 6.88. The molecule has 4 heteroatoms. The minimum absolute atomic E-state index is 0.173. The largest absolute Gasteiger partial charge is 0.369 e. The van der Waals surface area contributed by atoms with Crippen LogP contribution >= 0.6 is 0 Å². The van der Waals surface area contributed by atoms with E-state index in [2.05, 4.69) is 5.32 Å². The Labute approximate surface area is 104 Å². The molecule has 98 valence electrons. The van der Waals surface area contributed by atoms with Crippen molar-refractivity contribution in [3.8, 4) is 0 Å². The Morgan fingerprint density at radius 2 is 2.24 bits per heavy atom. The molecule has 2 aliphatic heterocycles. The van der Waals surface area contributed by atoms with Crippen LogP contribution in [0.25, 0.3) is 0 Å². The first-order valence-electron chi connectivity index (χ1n) is 6.88. The van der Waals surface area contributed by atoms with E-state index in [1.165, 1.54) is 6.42 Å². The summed E-state index contributed by atoms with van der Waals surface area (Å²) in [6.07, 6.45) is 4.35. The summed E-state index contributed by atoms with van der Waals surface area (Å²) in [5, 5.41) is 3.35. The van der Waals surface area contributed by atoms with Crippen LogP contribution in [-0.2, 0) is 9.53 Å². The smallest absolute Gasteiger partial charge is 0.251 e. The summed E-state index contributed by atoms with van der Waals surface area (Å²) >= 11 is 0. The first kappa shape index (κ1) is 12.8. The van der Waals surface area contributed by atoms with Crippen molar-refractivity contribution in [1.29, 1.82) is 0 Å². The molecule has 0 radical (unpaired) electrons. The second-order valence-electron chi connectivity index (χ2n) is 5.19. The predicted octanol–water partition coefficient (Wildman–Crippen LogP) is 1.01. The van der Waals surface area contributed by atoms with E-state index in [9.17, 15) is 4.79 Å². The van der Waals surface area contributed by atoms with Crippen LogP contribution in [0, 0.1) is 5.92 Å². The molecule has 0 aromatic heterocycles. The molecule has 2 heterocycles. The van der Waals surface area contributed by atoms with Crippen molar-refractivity contribution in [2.75, 3.05) is 32.8 Å². The van der Waals surface area contributed by atoms with E-state index in [0.717, 1.165) is 51.4 Å². The van der Waals surface area contributed by atoms with Gasteiger partial charge in [0.15, 0.2) is 0 Å². The van der Waals surface area contributed by atoms with Gasteiger partial charge in [0.1, 0.15) is 6.10 Å². The molecule has 2 atom stereocenters. The SMILES string of the molecule is CC(OCCC1CCNC1)C(=O)N1CCCC1. The average Bonchev–Trinajstić information content (AvgIpc) is 3.00. The van der Waals surface area contributed by atoms with Crippen LogP contribution in [0.2, 0.25) is 0 Å². The maximum absolute atomic E-state index is 12.0. The van der Waals surface area contributed by atoms with Crippen molar-refractivity contribution in [3.05, 3.63) is 0 Å². The average molecular weight is 240 g/mol. The normalized spacial score (nSPS) is 26.4. The van der Waals surface area contributed by atoms with E-state index >= 15 is 0 Å². The standard InChI is InChI=1S/C13H24N2O2/c1-11(13(16)15-7-2-3-8-15)17-9-5-12-4-6-14-10-12/h11-12,14H,2-10H2,1H3. The Bertz CT molecular complexity index is 246. The Morgan fingerprint density at radius 3 is 2.88 bits per heavy atom. The second-order valence-corrected chi connectivity index (χ2v) is 5.19. The molecule has 1 amide bonds. The highest BCUT2D eigenvalue weighted by Crippen LogP contribution is 2.14. The van der Waals surface area contributed by atoms with Gasteiger partial charge in [-0.3, -0.25) is 4.79 Å². The third kappa shape index (κ3) is 3.68. The number of carbonyl (C=O) groups excluding carboxylic acids is 1. The zero-order chi connectivity index (χ0) is 12.1. The lowest BCUT2D eigenvalue weighted by atomic mass is 10.1. The number of carbonyl (C=O) groups is 1. The molecule has 2 rings (SSSR count). The van der Waals surface area contributed by atoms with Crippen molar-refractivity contribution < 1.29 is 9.53 Å². The summed E-state index contributed by atoms with van der Waals surface area (Å²) in [6, 6.07) is 0. The number of nitrogens with one attached hydrogen (secondary N) is 1. The summed E-state index contributed by atoms with van der Waals surface area (Å²) in [6.45, 7) is 6.67. The summed E-state index contributed by atoms with van der Waals surface area (Å²) in [7, 11) is 0. The van der Waals surface area contributed by atoms with E-state index in [1.807, 2.05) is 11.8 Å². The molecule has 2 saturated heterocycles. The fourth-order valence-electron chi connectivity index (χ4n) is 2.64. The van der Waals surface area contributed by atoms with Gasteiger partial charge in [0.05, 0.1) is 0 Å². The Kier molecular flexibility index (Phi) is 4.80. The lowest BCUT2D eigenvalue weighted by Gasteiger charge is -2.21. The first-order chi connectivity index (χ1) is 8.27. The molecule has 0 spiro atoms. The molecule has 0 aromatic rings. The third-order valence-electron chi connectivity index (χ3n) is 3.82. The molecular weight excluding hydrogens is 216 g/mol. The van der Waals surface area contributed by atoms with Crippen molar-refractivity contribution in [3.63, 3.8) is 0 Å². The molecule has 1 N–H and O–H groups in total. The minimum Gasteiger partial charge on any atom is -0.369 e. The van der Waals surface area contributed by atoms with Gasteiger partial charge >= 0.3 is 0 Å². The minimum atomic E-state index is -0.262. The lowest BCUT2D eigenvalue weighted by Crippen LogP contribution is -2.37. The molecule has 0 aliphatic carbocycles. The molecule has 4 nitrogen and oxygen atoms in total. The number of nitrogens with zero attached hydrogens (tertiary/aromatic N) is 1. The van der Waals surface area contributed by atoms with Gasteiger partial charge in [-0.2, -0.15) is 0 Å². The number of hydrogen-bond acceptors (Lipinski definition) is 3. The maximum atomic E-state index is 12.0. The van der Waals surface area contributed by atoms with Gasteiger partial charge in [0.25, 0.3) is 5.91 Å². The lowest BCUT2D eigenvalue weighted by molar-refractivity contribution is -0.141. The van der Waals surface area contributed by atoms with Crippen LogP contribution in [0.1, 0.15) is 32.6 Å². The number of likely N-dealkylation sites (tertiary alicyclic amines) is 1. The van der Waals surface area contributed by atoms with E-state index in [0.29, 0.717) is 6.61 Å². The number of ether oxygens (including phenoxy) is 1. The van der Waals surface area contributed by atoms with E-state index in [4.69, 9.17) is 4.74 Å². The zero-order valence-electron chi connectivity index (χ0n) is 10.8. The molecular formula is C13H24N2O2. The molecule has 0 bridgehead atoms. The van der Waals surface area contributed by atoms with Crippen LogP contribution in [0.5, 0.6) is 0 Å².